The molecule has 2 heterocycles. The first-order valence-electron chi connectivity index (χ1n) is 9.83. The van der Waals surface area contributed by atoms with E-state index in [1.165, 1.54) is 4.57 Å². The van der Waals surface area contributed by atoms with Gasteiger partial charge in [-0.15, -0.1) is 0 Å². The smallest absolute Gasteiger partial charge is 0.322 e. The monoisotopic (exact) mass is 428 g/mol. The van der Waals surface area contributed by atoms with Crippen LogP contribution in [0.2, 0.25) is 5.02 Å². The van der Waals surface area contributed by atoms with Crippen molar-refractivity contribution < 1.29 is 4.79 Å². The minimum Gasteiger partial charge on any atom is -0.322 e. The molecule has 0 aliphatic carbocycles. The van der Waals surface area contributed by atoms with E-state index in [1.54, 1.807) is 24.3 Å². The van der Waals surface area contributed by atoms with Gasteiger partial charge in [0.15, 0.2) is 5.65 Å². The second-order valence-electron chi connectivity index (χ2n) is 8.13. The van der Waals surface area contributed by atoms with E-state index in [0.717, 1.165) is 5.56 Å². The van der Waals surface area contributed by atoms with Crippen molar-refractivity contribution in [1.29, 1.82) is 0 Å². The molecule has 0 saturated heterocycles. The third-order valence-electron chi connectivity index (χ3n) is 4.80. The van der Waals surface area contributed by atoms with Gasteiger partial charge in [0.2, 0.25) is 0 Å². The summed E-state index contributed by atoms with van der Waals surface area (Å²) in [6.45, 7) is 10.0. The molecular formula is C22H25ClN4O3. The molecule has 1 amide bonds. The predicted molar refractivity (Wildman–Crippen MR) is 120 cm³/mol. The highest BCUT2D eigenvalue weighted by Gasteiger charge is 2.21. The number of hydrogen-bond acceptors (Lipinski definition) is 4. The molecule has 0 aliphatic rings. The standard InChI is InChI=1S/C22H25ClN4O3/c1-11(2)10-27-19-18(21(29)26-22(27)30)15(9-16(24-19)12(3)4)20(28)25-17-8-14(23)7-6-13(17)5/h6-9,11-12H,10H2,1-5H3,(H,25,28)(H,26,29,30). The molecule has 158 valence electrons. The Kier molecular flexibility index (Phi) is 6.12. The van der Waals surface area contributed by atoms with Crippen molar-refractivity contribution in [1.82, 2.24) is 14.5 Å². The molecule has 0 spiro atoms. The van der Waals surface area contributed by atoms with Crippen molar-refractivity contribution in [2.24, 2.45) is 5.92 Å². The number of carbonyl (C=O) groups excluding carboxylic acids is 1. The van der Waals surface area contributed by atoms with Crippen LogP contribution in [0.1, 0.15) is 55.2 Å². The van der Waals surface area contributed by atoms with Crippen molar-refractivity contribution in [3.8, 4) is 0 Å². The zero-order chi connectivity index (χ0) is 22.2. The van der Waals surface area contributed by atoms with Crippen LogP contribution < -0.4 is 16.6 Å². The number of pyridine rings is 1. The van der Waals surface area contributed by atoms with Crippen LogP contribution >= 0.6 is 11.6 Å². The van der Waals surface area contributed by atoms with Crippen molar-refractivity contribution in [2.45, 2.75) is 47.1 Å². The Balaban J connectivity index is 2.27. The topological polar surface area (TPSA) is 96.8 Å². The first kappa shape index (κ1) is 21.8. The van der Waals surface area contributed by atoms with Crippen LogP contribution in [0.3, 0.4) is 0 Å². The van der Waals surface area contributed by atoms with Crippen LogP contribution in [-0.4, -0.2) is 20.4 Å². The quantitative estimate of drug-likeness (QED) is 0.639. The average molecular weight is 429 g/mol. The molecule has 0 unspecified atom stereocenters. The molecule has 2 aromatic heterocycles. The van der Waals surface area contributed by atoms with Crippen molar-refractivity contribution in [2.75, 3.05) is 5.32 Å². The van der Waals surface area contributed by atoms with Gasteiger partial charge in [0.25, 0.3) is 11.5 Å². The van der Waals surface area contributed by atoms with E-state index in [1.807, 2.05) is 34.6 Å². The number of aryl methyl sites for hydroxylation is 1. The van der Waals surface area contributed by atoms with Gasteiger partial charge in [0.05, 0.1) is 10.9 Å². The number of benzene rings is 1. The van der Waals surface area contributed by atoms with Crippen LogP contribution in [-0.2, 0) is 6.54 Å². The summed E-state index contributed by atoms with van der Waals surface area (Å²) >= 11 is 6.07. The van der Waals surface area contributed by atoms with Gasteiger partial charge in [-0.2, -0.15) is 0 Å². The fraction of sp³-hybridized carbons (Fsp3) is 0.364. The Hall–Kier alpha value is -2.93. The van der Waals surface area contributed by atoms with E-state index in [-0.39, 0.29) is 28.4 Å². The van der Waals surface area contributed by atoms with Crippen LogP contribution in [0, 0.1) is 12.8 Å². The number of hydrogen-bond donors (Lipinski definition) is 2. The van der Waals surface area contributed by atoms with E-state index < -0.39 is 17.2 Å². The first-order chi connectivity index (χ1) is 14.1. The number of nitrogens with one attached hydrogen (secondary N) is 2. The summed E-state index contributed by atoms with van der Waals surface area (Å²) in [5.41, 5.74) is 1.23. The van der Waals surface area contributed by atoms with Crippen LogP contribution in [0.4, 0.5) is 5.69 Å². The van der Waals surface area contributed by atoms with Crippen LogP contribution in [0.15, 0.2) is 33.9 Å². The molecule has 0 saturated carbocycles. The predicted octanol–water partition coefficient (Wildman–Crippen LogP) is 4.08. The van der Waals surface area contributed by atoms with Gasteiger partial charge in [-0.1, -0.05) is 45.4 Å². The summed E-state index contributed by atoms with van der Waals surface area (Å²) in [7, 11) is 0. The molecular weight excluding hydrogens is 404 g/mol. The highest BCUT2D eigenvalue weighted by atomic mass is 35.5. The van der Waals surface area contributed by atoms with Crippen molar-refractivity contribution in [3.63, 3.8) is 0 Å². The highest BCUT2D eigenvalue weighted by molar-refractivity contribution is 6.31. The number of H-pyrrole nitrogens is 1. The normalized spacial score (nSPS) is 11.5. The van der Waals surface area contributed by atoms with E-state index in [9.17, 15) is 14.4 Å². The second kappa shape index (κ2) is 8.44. The van der Waals surface area contributed by atoms with E-state index >= 15 is 0 Å². The van der Waals surface area contributed by atoms with Crippen molar-refractivity contribution >= 4 is 34.2 Å². The van der Waals surface area contributed by atoms with Gasteiger partial charge in [-0.25, -0.2) is 9.78 Å². The van der Waals surface area contributed by atoms with Gasteiger partial charge in [0.1, 0.15) is 0 Å². The molecule has 3 aromatic rings. The molecule has 2 N–H and O–H groups in total. The Bertz CT molecular complexity index is 1240. The van der Waals surface area contributed by atoms with E-state index in [2.05, 4.69) is 15.3 Å². The molecule has 30 heavy (non-hydrogen) atoms. The number of halogens is 1. The van der Waals surface area contributed by atoms with Gasteiger partial charge in [0, 0.05) is 22.9 Å². The number of nitrogens with zero attached hydrogens (tertiary/aromatic N) is 2. The summed E-state index contributed by atoms with van der Waals surface area (Å²) < 4.78 is 1.43. The minimum atomic E-state index is -0.634. The third kappa shape index (κ3) is 4.31. The number of fused-ring (bicyclic) bond motifs is 1. The van der Waals surface area contributed by atoms with Gasteiger partial charge < -0.3 is 5.32 Å². The maximum Gasteiger partial charge on any atom is 0.330 e. The largest absolute Gasteiger partial charge is 0.330 e. The fourth-order valence-electron chi connectivity index (χ4n) is 3.22. The molecule has 0 aliphatic heterocycles. The highest BCUT2D eigenvalue weighted by Crippen LogP contribution is 2.24. The molecule has 7 nitrogen and oxygen atoms in total. The lowest BCUT2D eigenvalue weighted by atomic mass is 10.0. The molecule has 0 atom stereocenters. The van der Waals surface area contributed by atoms with Gasteiger partial charge in [-0.3, -0.25) is 19.1 Å². The Morgan fingerprint density at radius 3 is 2.53 bits per heavy atom. The Morgan fingerprint density at radius 2 is 1.90 bits per heavy atom. The van der Waals surface area contributed by atoms with E-state index in [4.69, 9.17) is 11.6 Å². The summed E-state index contributed by atoms with van der Waals surface area (Å²) in [5.74, 6) is -0.321. The zero-order valence-electron chi connectivity index (χ0n) is 17.7. The van der Waals surface area contributed by atoms with E-state index in [0.29, 0.717) is 22.9 Å². The number of aromatic nitrogens is 3. The average Bonchev–Trinajstić information content (AvgIpc) is 2.66. The number of amides is 1. The third-order valence-corrected chi connectivity index (χ3v) is 5.04. The molecule has 0 bridgehead atoms. The molecule has 0 radical (unpaired) electrons. The lowest BCUT2D eigenvalue weighted by Crippen LogP contribution is -2.33. The van der Waals surface area contributed by atoms with Gasteiger partial charge in [-0.05, 0) is 42.5 Å². The number of rotatable bonds is 5. The SMILES string of the molecule is Cc1ccc(Cl)cc1NC(=O)c1cc(C(C)C)nc2c1c(=O)[nH]c(=O)n2CC(C)C. The Morgan fingerprint density at radius 1 is 1.20 bits per heavy atom. The first-order valence-corrected chi connectivity index (χ1v) is 10.2. The molecule has 1 aromatic carbocycles. The minimum absolute atomic E-state index is 0.00394. The maximum atomic E-state index is 13.2. The number of carbonyl (C=O) groups is 1. The molecule has 0 fully saturated rings. The lowest BCUT2D eigenvalue weighted by molar-refractivity contribution is 0.102. The summed E-state index contributed by atoms with van der Waals surface area (Å²) in [4.78, 5) is 45.3. The zero-order valence-corrected chi connectivity index (χ0v) is 18.4. The van der Waals surface area contributed by atoms with Crippen LogP contribution in [0.5, 0.6) is 0 Å². The molecule has 8 heteroatoms. The number of aromatic amines is 1. The lowest BCUT2D eigenvalue weighted by Gasteiger charge is -2.16. The second-order valence-corrected chi connectivity index (χ2v) is 8.56. The summed E-state index contributed by atoms with van der Waals surface area (Å²) in [6, 6.07) is 6.80. The fourth-order valence-corrected chi connectivity index (χ4v) is 3.39. The summed E-state index contributed by atoms with van der Waals surface area (Å²) in [6.07, 6.45) is 0. The molecule has 3 rings (SSSR count). The number of anilines is 1. The summed E-state index contributed by atoms with van der Waals surface area (Å²) in [5, 5.41) is 3.42. The van der Waals surface area contributed by atoms with Crippen molar-refractivity contribution in [3.05, 3.63) is 66.9 Å². The Labute approximate surface area is 179 Å². The maximum absolute atomic E-state index is 13.2. The van der Waals surface area contributed by atoms with Crippen LogP contribution in [0.25, 0.3) is 11.0 Å². The van der Waals surface area contributed by atoms with Gasteiger partial charge >= 0.3 is 5.69 Å².